The lowest BCUT2D eigenvalue weighted by atomic mass is 10.1. The molecule has 4 rings (SSSR count). The van der Waals surface area contributed by atoms with Crippen LogP contribution >= 0.6 is 23.5 Å². The Bertz CT molecular complexity index is 855. The van der Waals surface area contributed by atoms with Crippen LogP contribution in [0, 0.1) is 0 Å². The highest BCUT2D eigenvalue weighted by atomic mass is 32.2. The van der Waals surface area contributed by atoms with Gasteiger partial charge in [0.25, 0.3) is 0 Å². The number of carbonyl (C=O) groups is 1. The number of fused-ring (bicyclic) bond motifs is 1. The first-order valence-electron chi connectivity index (χ1n) is 9.71. The van der Waals surface area contributed by atoms with Gasteiger partial charge in [-0.2, -0.15) is 11.8 Å². The van der Waals surface area contributed by atoms with Gasteiger partial charge in [0.2, 0.25) is 12.7 Å². The molecule has 0 N–H and O–H groups in total. The van der Waals surface area contributed by atoms with Crippen molar-refractivity contribution in [1.29, 1.82) is 0 Å². The maximum absolute atomic E-state index is 12.7. The number of ether oxygens (including phenoxy) is 2. The Morgan fingerprint density at radius 2 is 2.07 bits per heavy atom. The maximum Gasteiger partial charge on any atom is 0.231 e. The van der Waals surface area contributed by atoms with Crippen molar-refractivity contribution in [3.05, 3.63) is 47.4 Å². The Morgan fingerprint density at radius 1 is 1.21 bits per heavy atom. The van der Waals surface area contributed by atoms with Crippen LogP contribution in [0.3, 0.4) is 0 Å². The zero-order valence-corrected chi connectivity index (χ0v) is 18.4. The molecule has 0 spiro atoms. The van der Waals surface area contributed by atoms with E-state index >= 15 is 0 Å². The normalized spacial score (nSPS) is 18.7. The minimum atomic E-state index is -0.0243. The van der Waals surface area contributed by atoms with Crippen molar-refractivity contribution in [2.45, 2.75) is 24.1 Å². The fourth-order valence-corrected chi connectivity index (χ4v) is 5.61. The van der Waals surface area contributed by atoms with Gasteiger partial charge >= 0.3 is 0 Å². The molecule has 2 aliphatic heterocycles. The number of amides is 1. The van der Waals surface area contributed by atoms with E-state index in [0.29, 0.717) is 13.0 Å². The number of benzene rings is 1. The number of para-hydroxylation sites is 1. The summed E-state index contributed by atoms with van der Waals surface area (Å²) >= 11 is 3.59. The van der Waals surface area contributed by atoms with Crippen LogP contribution in [0.4, 0.5) is 0 Å². The molecular formula is C21H26N2O4S2. The second-order valence-electron chi connectivity index (χ2n) is 7.30. The molecule has 0 saturated carbocycles. The number of hydrogen-bond donors (Lipinski definition) is 0. The summed E-state index contributed by atoms with van der Waals surface area (Å²) in [7, 11) is 4.06. The lowest BCUT2D eigenvalue weighted by Gasteiger charge is -2.35. The third-order valence-electron chi connectivity index (χ3n) is 4.80. The Hall–Kier alpha value is -1.77. The summed E-state index contributed by atoms with van der Waals surface area (Å²) in [6.45, 7) is 1.75. The van der Waals surface area contributed by atoms with Gasteiger partial charge in [0.15, 0.2) is 11.5 Å². The zero-order chi connectivity index (χ0) is 20.2. The lowest BCUT2D eigenvalue weighted by Crippen LogP contribution is -2.38. The molecule has 1 unspecified atom stereocenters. The van der Waals surface area contributed by atoms with E-state index in [1.165, 1.54) is 0 Å². The molecule has 1 aromatic heterocycles. The smallest absolute Gasteiger partial charge is 0.231 e. The number of nitrogens with zero attached hydrogens (tertiary/aromatic N) is 2. The average molecular weight is 435 g/mol. The van der Waals surface area contributed by atoms with Crippen LogP contribution < -0.4 is 9.47 Å². The van der Waals surface area contributed by atoms with Crippen LogP contribution in [0.2, 0.25) is 0 Å². The summed E-state index contributed by atoms with van der Waals surface area (Å²) in [6.07, 6.45) is 0.588. The van der Waals surface area contributed by atoms with Gasteiger partial charge in [-0.25, -0.2) is 0 Å². The van der Waals surface area contributed by atoms with Gasteiger partial charge in [-0.15, -0.1) is 11.8 Å². The van der Waals surface area contributed by atoms with Crippen LogP contribution in [0.15, 0.2) is 34.7 Å². The summed E-state index contributed by atoms with van der Waals surface area (Å²) in [6, 6.07) is 10.0. The van der Waals surface area contributed by atoms with Crippen molar-refractivity contribution in [3.8, 4) is 11.5 Å². The molecule has 1 saturated heterocycles. The third kappa shape index (κ3) is 4.87. The SMILES string of the molecule is CN(C)Cc1ccc(CSCCN2C(=O)CCSC2c2cccc3c2OCO3)o1. The van der Waals surface area contributed by atoms with Crippen LogP contribution in [0.1, 0.15) is 28.9 Å². The van der Waals surface area contributed by atoms with Crippen molar-refractivity contribution in [2.75, 3.05) is 38.9 Å². The molecule has 6 nitrogen and oxygen atoms in total. The number of rotatable bonds is 8. The van der Waals surface area contributed by atoms with Crippen molar-refractivity contribution in [2.24, 2.45) is 0 Å². The first-order chi connectivity index (χ1) is 14.1. The number of thioether (sulfide) groups is 2. The number of carbonyl (C=O) groups excluding carboxylic acids is 1. The largest absolute Gasteiger partial charge is 0.464 e. The molecule has 1 fully saturated rings. The first kappa shape index (κ1) is 20.5. The molecule has 3 heterocycles. The van der Waals surface area contributed by atoms with Gasteiger partial charge in [0.05, 0.1) is 12.3 Å². The molecule has 1 atom stereocenters. The van der Waals surface area contributed by atoms with E-state index in [0.717, 1.165) is 52.4 Å². The van der Waals surface area contributed by atoms with E-state index in [-0.39, 0.29) is 18.1 Å². The van der Waals surface area contributed by atoms with Crippen LogP contribution in [0.5, 0.6) is 11.5 Å². The average Bonchev–Trinajstić information content (AvgIpc) is 3.34. The van der Waals surface area contributed by atoms with E-state index in [1.54, 1.807) is 23.5 Å². The topological polar surface area (TPSA) is 55.2 Å². The molecule has 0 aliphatic carbocycles. The Kier molecular flexibility index (Phi) is 6.62. The van der Waals surface area contributed by atoms with Crippen molar-refractivity contribution >= 4 is 29.4 Å². The minimum Gasteiger partial charge on any atom is -0.464 e. The molecule has 2 aliphatic rings. The molecule has 0 radical (unpaired) electrons. The van der Waals surface area contributed by atoms with Gasteiger partial charge in [0.1, 0.15) is 16.9 Å². The second kappa shape index (κ2) is 9.36. The summed E-state index contributed by atoms with van der Waals surface area (Å²) in [5.74, 6) is 6.21. The fourth-order valence-electron chi connectivity index (χ4n) is 3.50. The molecule has 156 valence electrons. The summed E-state index contributed by atoms with van der Waals surface area (Å²) in [4.78, 5) is 16.7. The van der Waals surface area contributed by atoms with Crippen molar-refractivity contribution in [3.63, 3.8) is 0 Å². The molecule has 29 heavy (non-hydrogen) atoms. The molecule has 1 aromatic carbocycles. The van der Waals surface area contributed by atoms with E-state index in [4.69, 9.17) is 13.9 Å². The van der Waals surface area contributed by atoms with E-state index in [2.05, 4.69) is 4.90 Å². The van der Waals surface area contributed by atoms with Crippen LogP contribution in [-0.2, 0) is 17.1 Å². The summed E-state index contributed by atoms with van der Waals surface area (Å²) in [5.41, 5.74) is 1.03. The highest BCUT2D eigenvalue weighted by molar-refractivity contribution is 7.99. The molecule has 8 heteroatoms. The summed E-state index contributed by atoms with van der Waals surface area (Å²) < 4.78 is 17.1. The van der Waals surface area contributed by atoms with Gasteiger partial charge < -0.3 is 23.7 Å². The molecule has 2 aromatic rings. The van der Waals surface area contributed by atoms with Gasteiger partial charge in [-0.1, -0.05) is 12.1 Å². The van der Waals surface area contributed by atoms with Crippen LogP contribution in [-0.4, -0.2) is 54.6 Å². The van der Waals surface area contributed by atoms with E-state index in [9.17, 15) is 4.79 Å². The second-order valence-corrected chi connectivity index (χ2v) is 9.59. The minimum absolute atomic E-state index is 0.0243. The van der Waals surface area contributed by atoms with Gasteiger partial charge in [-0.3, -0.25) is 4.79 Å². The number of furan rings is 1. The monoisotopic (exact) mass is 434 g/mol. The van der Waals surface area contributed by atoms with E-state index in [1.807, 2.05) is 49.3 Å². The highest BCUT2D eigenvalue weighted by Gasteiger charge is 2.33. The Morgan fingerprint density at radius 3 is 2.93 bits per heavy atom. The molecule has 0 bridgehead atoms. The molecular weight excluding hydrogens is 408 g/mol. The predicted octanol–water partition coefficient (Wildman–Crippen LogP) is 3.97. The third-order valence-corrected chi connectivity index (χ3v) is 7.02. The van der Waals surface area contributed by atoms with Crippen molar-refractivity contribution < 1.29 is 18.7 Å². The van der Waals surface area contributed by atoms with Gasteiger partial charge in [-0.05, 0) is 32.3 Å². The highest BCUT2D eigenvalue weighted by Crippen LogP contribution is 2.46. The molecule has 1 amide bonds. The first-order valence-corrected chi connectivity index (χ1v) is 11.9. The fraction of sp³-hybridized carbons (Fsp3) is 0.476. The van der Waals surface area contributed by atoms with Gasteiger partial charge in [0, 0.05) is 30.0 Å². The number of hydrogen-bond acceptors (Lipinski definition) is 7. The Balaban J connectivity index is 1.36. The summed E-state index contributed by atoms with van der Waals surface area (Å²) in [5, 5.41) is -0.0243. The Labute approximate surface area is 179 Å². The van der Waals surface area contributed by atoms with Crippen LogP contribution in [0.25, 0.3) is 0 Å². The van der Waals surface area contributed by atoms with E-state index < -0.39 is 0 Å². The zero-order valence-electron chi connectivity index (χ0n) is 16.8. The standard InChI is InChI=1S/C21H26N2O4S2/c1-22(2)12-15-6-7-16(27-15)13-28-11-9-23-19(24)8-10-29-21(23)17-4-3-5-18-20(17)26-14-25-18/h3-7,21H,8-14H2,1-2H3. The maximum atomic E-state index is 12.7. The van der Waals surface area contributed by atoms with Crippen molar-refractivity contribution in [1.82, 2.24) is 9.80 Å². The quantitative estimate of drug-likeness (QED) is 0.583. The predicted molar refractivity (Wildman–Crippen MR) is 116 cm³/mol. The lowest BCUT2D eigenvalue weighted by molar-refractivity contribution is -0.131.